The van der Waals surface area contributed by atoms with Crippen LogP contribution in [0.4, 0.5) is 0 Å². The van der Waals surface area contributed by atoms with Gasteiger partial charge in [-0.25, -0.2) is 0 Å². The van der Waals surface area contributed by atoms with Crippen LogP contribution in [0.5, 0.6) is 5.75 Å². The van der Waals surface area contributed by atoms with Crippen molar-refractivity contribution in [3.8, 4) is 5.75 Å². The highest BCUT2D eigenvalue weighted by atomic mass is 16.5. The van der Waals surface area contributed by atoms with Crippen LogP contribution in [-0.4, -0.2) is 33.4 Å². The third kappa shape index (κ3) is 3.08. The molecule has 1 aliphatic rings. The van der Waals surface area contributed by atoms with Gasteiger partial charge in [0.2, 0.25) is 0 Å². The minimum absolute atomic E-state index is 0.131. The van der Waals surface area contributed by atoms with Gasteiger partial charge < -0.3 is 20.5 Å². The number of methoxy groups -OCH3 is 1. The van der Waals surface area contributed by atoms with E-state index in [1.807, 2.05) is 0 Å². The number of nitrogens with one attached hydrogen (secondary N) is 1. The molecule has 0 radical (unpaired) electrons. The summed E-state index contributed by atoms with van der Waals surface area (Å²) in [4.78, 5) is 0. The lowest BCUT2D eigenvalue weighted by molar-refractivity contribution is -0.105. The third-order valence-corrected chi connectivity index (χ3v) is 3.85. The molecule has 1 heterocycles. The molecule has 4 nitrogen and oxygen atoms in total. The molecule has 106 valence electrons. The van der Waals surface area contributed by atoms with Crippen molar-refractivity contribution in [1.82, 2.24) is 5.32 Å². The van der Waals surface area contributed by atoms with Gasteiger partial charge in [-0.05, 0) is 31.0 Å². The van der Waals surface area contributed by atoms with Crippen molar-refractivity contribution in [3.63, 3.8) is 0 Å². The molecule has 1 aliphatic heterocycles. The van der Waals surface area contributed by atoms with E-state index in [4.69, 9.17) is 15.2 Å². The Kier molecular flexibility index (Phi) is 4.45. The molecule has 3 N–H and O–H groups in total. The number of nitrogens with two attached hydrogens (primary N) is 1. The number of hydrogen-bond donors (Lipinski definition) is 2. The summed E-state index contributed by atoms with van der Waals surface area (Å²) in [6.45, 7) is 8.10. The Morgan fingerprint density at radius 1 is 1.37 bits per heavy atom. The molecule has 0 aliphatic carbocycles. The molecule has 19 heavy (non-hydrogen) atoms. The molecule has 0 spiro atoms. The first-order valence-corrected chi connectivity index (χ1v) is 6.73. The minimum atomic E-state index is 0.131. The maximum Gasteiger partial charge on any atom is 0.123 e. The second kappa shape index (κ2) is 5.90. The van der Waals surface area contributed by atoms with E-state index >= 15 is 0 Å². The standard InChI is InChI=1S/C15H24N2O2/c1-11-4-12(2)13(14(5-11)18-3)6-17-8-15(7-16)9-19-10-15/h4-5,17H,6-10,16H2,1-3H3. The lowest BCUT2D eigenvalue weighted by atomic mass is 9.86. The van der Waals surface area contributed by atoms with Gasteiger partial charge in [-0.2, -0.15) is 0 Å². The highest BCUT2D eigenvalue weighted by Crippen LogP contribution is 2.27. The maximum absolute atomic E-state index is 5.81. The predicted molar refractivity (Wildman–Crippen MR) is 76.5 cm³/mol. The molecule has 0 aromatic heterocycles. The molecule has 1 aromatic carbocycles. The van der Waals surface area contributed by atoms with Crippen molar-refractivity contribution in [2.45, 2.75) is 20.4 Å². The fraction of sp³-hybridized carbons (Fsp3) is 0.600. The molecule has 0 saturated carbocycles. The van der Waals surface area contributed by atoms with E-state index in [0.717, 1.165) is 32.1 Å². The van der Waals surface area contributed by atoms with Gasteiger partial charge in [-0.3, -0.25) is 0 Å². The first-order valence-electron chi connectivity index (χ1n) is 6.73. The highest BCUT2D eigenvalue weighted by Gasteiger charge is 2.36. The van der Waals surface area contributed by atoms with E-state index < -0.39 is 0 Å². The zero-order valence-corrected chi connectivity index (χ0v) is 12.1. The number of benzene rings is 1. The zero-order valence-electron chi connectivity index (χ0n) is 12.1. The predicted octanol–water partition coefficient (Wildman–Crippen LogP) is 1.38. The fourth-order valence-corrected chi connectivity index (χ4v) is 2.50. The van der Waals surface area contributed by atoms with Crippen molar-refractivity contribution in [3.05, 3.63) is 28.8 Å². The van der Waals surface area contributed by atoms with Crippen LogP contribution in [0.15, 0.2) is 12.1 Å². The number of ether oxygens (including phenoxy) is 2. The molecule has 1 saturated heterocycles. The molecule has 0 amide bonds. The number of rotatable bonds is 6. The smallest absolute Gasteiger partial charge is 0.123 e. The Balaban J connectivity index is 1.99. The summed E-state index contributed by atoms with van der Waals surface area (Å²) in [5, 5.41) is 3.49. The zero-order chi connectivity index (χ0) is 13.9. The second-order valence-electron chi connectivity index (χ2n) is 5.56. The Labute approximate surface area is 115 Å². The van der Waals surface area contributed by atoms with Crippen LogP contribution in [0, 0.1) is 19.3 Å². The normalized spacial score (nSPS) is 17.1. The Bertz CT molecular complexity index is 437. The maximum atomic E-state index is 5.81. The van der Waals surface area contributed by atoms with E-state index in [2.05, 4.69) is 31.3 Å². The molecule has 0 atom stereocenters. The third-order valence-electron chi connectivity index (χ3n) is 3.85. The van der Waals surface area contributed by atoms with Crippen molar-refractivity contribution in [2.24, 2.45) is 11.1 Å². The van der Waals surface area contributed by atoms with Crippen molar-refractivity contribution < 1.29 is 9.47 Å². The van der Waals surface area contributed by atoms with E-state index in [0.29, 0.717) is 6.54 Å². The Hall–Kier alpha value is -1.10. The van der Waals surface area contributed by atoms with E-state index in [-0.39, 0.29) is 5.41 Å². The Morgan fingerprint density at radius 2 is 2.11 bits per heavy atom. The quantitative estimate of drug-likeness (QED) is 0.815. The molecule has 1 fully saturated rings. The van der Waals surface area contributed by atoms with Crippen LogP contribution >= 0.6 is 0 Å². The monoisotopic (exact) mass is 264 g/mol. The van der Waals surface area contributed by atoms with Crippen molar-refractivity contribution in [2.75, 3.05) is 33.4 Å². The largest absolute Gasteiger partial charge is 0.496 e. The van der Waals surface area contributed by atoms with Gasteiger partial charge in [0.25, 0.3) is 0 Å². The average Bonchev–Trinajstić information content (AvgIpc) is 2.34. The summed E-state index contributed by atoms with van der Waals surface area (Å²) >= 11 is 0. The van der Waals surface area contributed by atoms with Crippen LogP contribution < -0.4 is 15.8 Å². The summed E-state index contributed by atoms with van der Waals surface area (Å²) in [6.07, 6.45) is 0. The summed E-state index contributed by atoms with van der Waals surface area (Å²) in [5.74, 6) is 0.955. The van der Waals surface area contributed by atoms with E-state index in [1.165, 1.54) is 16.7 Å². The lowest BCUT2D eigenvalue weighted by Gasteiger charge is -2.40. The molecule has 0 unspecified atom stereocenters. The van der Waals surface area contributed by atoms with Crippen LogP contribution in [0.3, 0.4) is 0 Å². The van der Waals surface area contributed by atoms with Crippen molar-refractivity contribution >= 4 is 0 Å². The molecule has 4 heteroatoms. The molecular weight excluding hydrogens is 240 g/mol. The summed E-state index contributed by atoms with van der Waals surface area (Å²) in [7, 11) is 1.72. The summed E-state index contributed by atoms with van der Waals surface area (Å²) in [5.41, 5.74) is 9.65. The first-order chi connectivity index (χ1) is 9.10. The lowest BCUT2D eigenvalue weighted by Crippen LogP contribution is -2.54. The van der Waals surface area contributed by atoms with Gasteiger partial charge in [0, 0.05) is 30.6 Å². The number of hydrogen-bond acceptors (Lipinski definition) is 4. The minimum Gasteiger partial charge on any atom is -0.496 e. The first kappa shape index (κ1) is 14.3. The van der Waals surface area contributed by atoms with Gasteiger partial charge in [0.1, 0.15) is 5.75 Å². The average molecular weight is 264 g/mol. The van der Waals surface area contributed by atoms with Crippen LogP contribution in [0.25, 0.3) is 0 Å². The summed E-state index contributed by atoms with van der Waals surface area (Å²) < 4.78 is 10.7. The van der Waals surface area contributed by atoms with Gasteiger partial charge >= 0.3 is 0 Å². The van der Waals surface area contributed by atoms with Gasteiger partial charge in [0.05, 0.1) is 20.3 Å². The highest BCUT2D eigenvalue weighted by molar-refractivity contribution is 5.42. The Morgan fingerprint density at radius 3 is 2.63 bits per heavy atom. The number of aryl methyl sites for hydroxylation is 2. The van der Waals surface area contributed by atoms with Crippen LogP contribution in [0.2, 0.25) is 0 Å². The van der Waals surface area contributed by atoms with Gasteiger partial charge in [0.15, 0.2) is 0 Å². The fourth-order valence-electron chi connectivity index (χ4n) is 2.50. The van der Waals surface area contributed by atoms with Gasteiger partial charge in [-0.15, -0.1) is 0 Å². The van der Waals surface area contributed by atoms with Crippen molar-refractivity contribution in [1.29, 1.82) is 0 Å². The second-order valence-corrected chi connectivity index (χ2v) is 5.56. The molecular formula is C15H24N2O2. The topological polar surface area (TPSA) is 56.5 Å². The summed E-state index contributed by atoms with van der Waals surface area (Å²) in [6, 6.07) is 4.26. The van der Waals surface area contributed by atoms with E-state index in [9.17, 15) is 0 Å². The van der Waals surface area contributed by atoms with Gasteiger partial charge in [-0.1, -0.05) is 6.07 Å². The molecule has 2 rings (SSSR count). The molecule has 0 bridgehead atoms. The van der Waals surface area contributed by atoms with Crippen LogP contribution in [0.1, 0.15) is 16.7 Å². The SMILES string of the molecule is COc1cc(C)cc(C)c1CNCC1(CN)COC1. The molecule has 1 aromatic rings. The van der Waals surface area contributed by atoms with E-state index in [1.54, 1.807) is 7.11 Å². The van der Waals surface area contributed by atoms with Crippen LogP contribution in [-0.2, 0) is 11.3 Å².